The number of phenols is 1. The van der Waals surface area contributed by atoms with Gasteiger partial charge in [-0.25, -0.2) is 5.01 Å². The first-order chi connectivity index (χ1) is 14.6. The lowest BCUT2D eigenvalue weighted by atomic mass is 9.97. The molecule has 152 valence electrons. The van der Waals surface area contributed by atoms with Gasteiger partial charge in [-0.15, -0.1) is 0 Å². The molecule has 1 N–H and O–H groups in total. The van der Waals surface area contributed by atoms with Gasteiger partial charge in [0, 0.05) is 24.4 Å². The average molecular weight is 403 g/mol. The van der Waals surface area contributed by atoms with Gasteiger partial charge in [-0.1, -0.05) is 0 Å². The summed E-state index contributed by atoms with van der Waals surface area (Å²) in [5, 5.41) is 15.7. The van der Waals surface area contributed by atoms with Crippen LogP contribution in [0.5, 0.6) is 17.2 Å². The van der Waals surface area contributed by atoms with E-state index in [4.69, 9.17) is 9.47 Å². The number of aromatic hydroxyl groups is 1. The van der Waals surface area contributed by atoms with Crippen molar-refractivity contribution >= 4 is 11.6 Å². The monoisotopic (exact) mass is 403 g/mol. The van der Waals surface area contributed by atoms with E-state index in [1.54, 1.807) is 56.8 Å². The molecule has 1 unspecified atom stereocenters. The highest BCUT2D eigenvalue weighted by atomic mass is 16.5. The van der Waals surface area contributed by atoms with Crippen LogP contribution < -0.4 is 9.47 Å². The largest absolute Gasteiger partial charge is 0.508 e. The van der Waals surface area contributed by atoms with Crippen LogP contribution in [-0.4, -0.2) is 40.9 Å². The molecule has 0 spiro atoms. The van der Waals surface area contributed by atoms with Crippen molar-refractivity contribution in [2.75, 3.05) is 14.2 Å². The first kappa shape index (κ1) is 19.4. The summed E-state index contributed by atoms with van der Waals surface area (Å²) in [6, 6.07) is 15.3. The van der Waals surface area contributed by atoms with Gasteiger partial charge in [0.2, 0.25) is 0 Å². The predicted molar refractivity (Wildman–Crippen MR) is 112 cm³/mol. The van der Waals surface area contributed by atoms with Crippen molar-refractivity contribution in [3.05, 3.63) is 83.7 Å². The molecule has 1 aliphatic heterocycles. The summed E-state index contributed by atoms with van der Waals surface area (Å²) < 4.78 is 10.9. The van der Waals surface area contributed by atoms with Gasteiger partial charge in [-0.2, -0.15) is 5.10 Å². The van der Waals surface area contributed by atoms with Crippen LogP contribution in [0.15, 0.2) is 72.1 Å². The van der Waals surface area contributed by atoms with Crippen molar-refractivity contribution in [3.8, 4) is 17.2 Å². The maximum Gasteiger partial charge on any atom is 0.276 e. The van der Waals surface area contributed by atoms with E-state index in [0.29, 0.717) is 23.5 Å². The SMILES string of the molecule is COc1ccc(OC)c(C2CC(c3ccc(O)cc3)=NN2C(=O)c2cccnc2)c1. The van der Waals surface area contributed by atoms with Gasteiger partial charge < -0.3 is 14.6 Å². The lowest BCUT2D eigenvalue weighted by Crippen LogP contribution is -2.27. The number of methoxy groups -OCH3 is 2. The fourth-order valence-electron chi connectivity index (χ4n) is 3.49. The Balaban J connectivity index is 1.79. The number of amides is 1. The van der Waals surface area contributed by atoms with Crippen LogP contribution in [0.4, 0.5) is 0 Å². The van der Waals surface area contributed by atoms with Gasteiger partial charge in [-0.3, -0.25) is 9.78 Å². The molecule has 7 nitrogen and oxygen atoms in total. The molecule has 7 heteroatoms. The molecule has 1 aromatic heterocycles. The summed E-state index contributed by atoms with van der Waals surface area (Å²) in [6.07, 6.45) is 3.63. The van der Waals surface area contributed by atoms with E-state index >= 15 is 0 Å². The van der Waals surface area contributed by atoms with E-state index in [9.17, 15) is 9.90 Å². The van der Waals surface area contributed by atoms with Crippen LogP contribution in [0.1, 0.15) is 33.9 Å². The second-order valence-corrected chi connectivity index (χ2v) is 6.81. The van der Waals surface area contributed by atoms with Crippen LogP contribution in [-0.2, 0) is 0 Å². The predicted octanol–water partition coefficient (Wildman–Crippen LogP) is 3.80. The molecular formula is C23H21N3O4. The molecule has 0 aliphatic carbocycles. The number of benzene rings is 2. The number of hydrazone groups is 1. The van der Waals surface area contributed by atoms with Crippen molar-refractivity contribution in [2.45, 2.75) is 12.5 Å². The van der Waals surface area contributed by atoms with Crippen molar-refractivity contribution in [2.24, 2.45) is 5.10 Å². The van der Waals surface area contributed by atoms with E-state index in [-0.39, 0.29) is 17.7 Å². The van der Waals surface area contributed by atoms with E-state index in [2.05, 4.69) is 10.1 Å². The average Bonchev–Trinajstić information content (AvgIpc) is 3.24. The van der Waals surface area contributed by atoms with Crippen molar-refractivity contribution in [3.63, 3.8) is 0 Å². The summed E-state index contributed by atoms with van der Waals surface area (Å²) >= 11 is 0. The number of hydrogen-bond donors (Lipinski definition) is 1. The molecule has 0 saturated carbocycles. The third-order valence-electron chi connectivity index (χ3n) is 5.02. The van der Waals surface area contributed by atoms with E-state index < -0.39 is 0 Å². The summed E-state index contributed by atoms with van der Waals surface area (Å²) in [5.41, 5.74) is 2.81. The smallest absolute Gasteiger partial charge is 0.276 e. The number of ether oxygens (including phenoxy) is 2. The van der Waals surface area contributed by atoms with Gasteiger partial charge in [0.05, 0.1) is 31.5 Å². The second-order valence-electron chi connectivity index (χ2n) is 6.81. The first-order valence-electron chi connectivity index (χ1n) is 9.43. The molecule has 0 fully saturated rings. The molecule has 4 rings (SSSR count). The summed E-state index contributed by atoms with van der Waals surface area (Å²) in [4.78, 5) is 17.3. The van der Waals surface area contributed by atoms with Crippen LogP contribution in [0.3, 0.4) is 0 Å². The van der Waals surface area contributed by atoms with Crippen molar-refractivity contribution in [1.82, 2.24) is 9.99 Å². The lowest BCUT2D eigenvalue weighted by Gasteiger charge is -2.24. The minimum atomic E-state index is -0.383. The maximum atomic E-state index is 13.3. The van der Waals surface area contributed by atoms with Crippen molar-refractivity contribution in [1.29, 1.82) is 0 Å². The number of carbonyl (C=O) groups is 1. The third-order valence-corrected chi connectivity index (χ3v) is 5.02. The quantitative estimate of drug-likeness (QED) is 0.701. The van der Waals surface area contributed by atoms with Gasteiger partial charge in [0.15, 0.2) is 0 Å². The highest BCUT2D eigenvalue weighted by Crippen LogP contribution is 2.40. The highest BCUT2D eigenvalue weighted by molar-refractivity contribution is 6.05. The molecule has 1 amide bonds. The Hall–Kier alpha value is -3.87. The zero-order valence-electron chi connectivity index (χ0n) is 16.6. The fraction of sp³-hybridized carbons (Fsp3) is 0.174. The molecule has 3 aromatic rings. The minimum absolute atomic E-state index is 0.173. The number of hydrogen-bond acceptors (Lipinski definition) is 6. The highest BCUT2D eigenvalue weighted by Gasteiger charge is 2.35. The number of nitrogens with zero attached hydrogens (tertiary/aromatic N) is 3. The zero-order valence-corrected chi connectivity index (χ0v) is 16.6. The van der Waals surface area contributed by atoms with E-state index in [1.165, 1.54) is 11.2 Å². The van der Waals surface area contributed by atoms with Crippen LogP contribution in [0.2, 0.25) is 0 Å². The molecule has 2 aromatic carbocycles. The topological polar surface area (TPSA) is 84.2 Å². The molecule has 0 radical (unpaired) electrons. The van der Waals surface area contributed by atoms with Gasteiger partial charge in [0.1, 0.15) is 17.2 Å². The van der Waals surface area contributed by atoms with Gasteiger partial charge in [0.25, 0.3) is 5.91 Å². The summed E-state index contributed by atoms with van der Waals surface area (Å²) in [6.45, 7) is 0. The Kier molecular flexibility index (Phi) is 5.34. The standard InChI is InChI=1S/C23H21N3O4/c1-29-18-9-10-22(30-2)19(12-18)21-13-20(15-5-7-17(27)8-6-15)25-26(21)23(28)16-4-3-11-24-14-16/h3-12,14,21,27H,13H2,1-2H3. The second kappa shape index (κ2) is 8.24. The Morgan fingerprint density at radius 2 is 1.90 bits per heavy atom. The number of aromatic nitrogens is 1. The van der Waals surface area contributed by atoms with Gasteiger partial charge in [-0.05, 0) is 60.2 Å². The van der Waals surface area contributed by atoms with Crippen molar-refractivity contribution < 1.29 is 19.4 Å². The number of phenolic OH excluding ortho intramolecular Hbond substituents is 1. The Morgan fingerprint density at radius 1 is 1.10 bits per heavy atom. The first-order valence-corrected chi connectivity index (χ1v) is 9.43. The third kappa shape index (κ3) is 3.69. The number of carbonyl (C=O) groups excluding carboxylic acids is 1. The molecule has 1 aliphatic rings. The summed E-state index contributed by atoms with van der Waals surface area (Å²) in [7, 11) is 3.19. The minimum Gasteiger partial charge on any atom is -0.508 e. The molecule has 1 atom stereocenters. The molecule has 2 heterocycles. The Bertz CT molecular complexity index is 1080. The Morgan fingerprint density at radius 3 is 2.57 bits per heavy atom. The van der Waals surface area contributed by atoms with E-state index in [0.717, 1.165) is 16.8 Å². The van der Waals surface area contributed by atoms with Crippen LogP contribution in [0.25, 0.3) is 0 Å². The maximum absolute atomic E-state index is 13.3. The molecule has 0 bridgehead atoms. The van der Waals surface area contributed by atoms with Gasteiger partial charge >= 0.3 is 0 Å². The summed E-state index contributed by atoms with van der Waals surface area (Å²) in [5.74, 6) is 1.23. The lowest BCUT2D eigenvalue weighted by molar-refractivity contribution is 0.0708. The fourth-order valence-corrected chi connectivity index (χ4v) is 3.49. The number of pyridine rings is 1. The normalized spacial score (nSPS) is 15.6. The van der Waals surface area contributed by atoms with Crippen LogP contribution >= 0.6 is 0 Å². The number of rotatable bonds is 5. The molecule has 30 heavy (non-hydrogen) atoms. The zero-order chi connectivity index (χ0) is 21.1. The molecule has 0 saturated heterocycles. The Labute approximate surface area is 174 Å². The van der Waals surface area contributed by atoms with Crippen LogP contribution in [0, 0.1) is 0 Å². The molecular weight excluding hydrogens is 382 g/mol. The van der Waals surface area contributed by atoms with E-state index in [1.807, 2.05) is 18.2 Å².